The second-order valence-electron chi connectivity index (χ2n) is 6.67. The van der Waals surface area contributed by atoms with Crippen molar-refractivity contribution in [3.8, 4) is 17.3 Å². The number of hydrogen-bond acceptors (Lipinski definition) is 9. The molecule has 3 aromatic heterocycles. The third-order valence-corrected chi connectivity index (χ3v) is 5.59. The molecule has 9 nitrogen and oxygen atoms in total. The fourth-order valence-electron chi connectivity index (χ4n) is 2.98. The normalized spacial score (nSPS) is 16.2. The molecule has 30 heavy (non-hydrogen) atoms. The Morgan fingerprint density at radius 3 is 2.40 bits per heavy atom. The van der Waals surface area contributed by atoms with Gasteiger partial charge in [0.1, 0.15) is 0 Å². The molecular weight excluding hydrogens is 427 g/mol. The lowest BCUT2D eigenvalue weighted by Crippen LogP contribution is -2.44. The van der Waals surface area contributed by atoms with Gasteiger partial charge < -0.3 is 18.4 Å². The number of alkyl halides is 3. The first-order valence-corrected chi connectivity index (χ1v) is 10.2. The zero-order valence-electron chi connectivity index (χ0n) is 15.6. The minimum absolute atomic E-state index is 0.000399. The minimum Gasteiger partial charge on any atom is -0.447 e. The topological polar surface area (TPSA) is 102 Å². The van der Waals surface area contributed by atoms with Gasteiger partial charge in [-0.3, -0.25) is 4.98 Å². The molecule has 1 fully saturated rings. The van der Waals surface area contributed by atoms with Crippen LogP contribution in [0.15, 0.2) is 35.3 Å². The summed E-state index contributed by atoms with van der Waals surface area (Å²) in [6.45, 7) is 3.28. The molecular formula is C17H16F3N5O4S. The van der Waals surface area contributed by atoms with Crippen molar-refractivity contribution in [2.75, 3.05) is 38.1 Å². The predicted octanol–water partition coefficient (Wildman–Crippen LogP) is 2.27. The highest BCUT2D eigenvalue weighted by atomic mass is 32.2. The van der Waals surface area contributed by atoms with Crippen molar-refractivity contribution in [3.05, 3.63) is 30.9 Å². The number of rotatable bonds is 4. The lowest BCUT2D eigenvalue weighted by molar-refractivity contribution is -0.0499. The fourth-order valence-corrected chi connectivity index (χ4v) is 3.46. The summed E-state index contributed by atoms with van der Waals surface area (Å²) in [5.74, 6) is -1.09. The molecule has 0 unspecified atom stereocenters. The van der Waals surface area contributed by atoms with Crippen molar-refractivity contribution < 1.29 is 30.2 Å². The van der Waals surface area contributed by atoms with Crippen LogP contribution in [-0.2, 0) is 10.1 Å². The molecule has 4 rings (SSSR count). The number of fused-ring (bicyclic) bond motifs is 1. The Balaban J connectivity index is 1.72. The largest absolute Gasteiger partial charge is 0.534 e. The van der Waals surface area contributed by atoms with Crippen LogP contribution in [0.2, 0.25) is 0 Å². The molecule has 0 aromatic carbocycles. The number of nitrogens with zero attached hydrogens (tertiary/aromatic N) is 5. The Morgan fingerprint density at radius 1 is 1.10 bits per heavy atom. The van der Waals surface area contributed by atoms with E-state index in [1.165, 1.54) is 30.9 Å². The molecule has 0 amide bonds. The molecule has 1 saturated heterocycles. The molecule has 160 valence electrons. The van der Waals surface area contributed by atoms with Crippen LogP contribution in [0.3, 0.4) is 0 Å². The molecule has 0 radical (unpaired) electrons. The average molecular weight is 443 g/mol. The molecule has 0 atom stereocenters. The molecule has 0 N–H and O–H groups in total. The molecule has 0 bridgehead atoms. The maximum Gasteiger partial charge on any atom is 0.534 e. The van der Waals surface area contributed by atoms with Crippen LogP contribution in [0, 0.1) is 0 Å². The Labute approximate surface area is 169 Å². The average Bonchev–Trinajstić information content (AvgIpc) is 3.06. The second-order valence-corrected chi connectivity index (χ2v) is 8.21. The van der Waals surface area contributed by atoms with Crippen molar-refractivity contribution in [2.45, 2.75) is 5.51 Å². The highest BCUT2D eigenvalue weighted by Crippen LogP contribution is 2.41. The van der Waals surface area contributed by atoms with Gasteiger partial charge in [0, 0.05) is 32.4 Å². The third kappa shape index (κ3) is 3.77. The summed E-state index contributed by atoms with van der Waals surface area (Å²) in [4.78, 5) is 16.4. The third-order valence-electron chi connectivity index (χ3n) is 4.63. The van der Waals surface area contributed by atoms with E-state index in [1.54, 1.807) is 0 Å². The van der Waals surface area contributed by atoms with E-state index in [-0.39, 0.29) is 22.6 Å². The van der Waals surface area contributed by atoms with E-state index >= 15 is 0 Å². The Bertz CT molecular complexity index is 1160. The van der Waals surface area contributed by atoms with Crippen molar-refractivity contribution in [1.82, 2.24) is 19.9 Å². The maximum absolute atomic E-state index is 12.8. The summed E-state index contributed by atoms with van der Waals surface area (Å²) >= 11 is 0. The van der Waals surface area contributed by atoms with E-state index in [2.05, 4.69) is 28.9 Å². The second kappa shape index (κ2) is 7.40. The zero-order valence-corrected chi connectivity index (χ0v) is 16.4. The van der Waals surface area contributed by atoms with Crippen LogP contribution in [0.25, 0.3) is 22.6 Å². The number of hydrogen-bond donors (Lipinski definition) is 0. The Morgan fingerprint density at radius 2 is 1.77 bits per heavy atom. The van der Waals surface area contributed by atoms with E-state index in [1.807, 2.05) is 7.05 Å². The number of likely N-dealkylation sites (N-methyl/N-ethyl adjacent to an activating group) is 1. The van der Waals surface area contributed by atoms with Crippen LogP contribution in [0.4, 0.5) is 18.9 Å². The van der Waals surface area contributed by atoms with Crippen molar-refractivity contribution in [3.63, 3.8) is 0 Å². The van der Waals surface area contributed by atoms with Crippen LogP contribution < -0.4 is 9.08 Å². The van der Waals surface area contributed by atoms with E-state index in [0.29, 0.717) is 0 Å². The quantitative estimate of drug-likeness (QED) is 0.444. The van der Waals surface area contributed by atoms with Crippen molar-refractivity contribution in [2.24, 2.45) is 0 Å². The molecule has 1 aliphatic rings. The van der Waals surface area contributed by atoms with Gasteiger partial charge in [0.25, 0.3) is 0 Å². The monoisotopic (exact) mass is 443 g/mol. The van der Waals surface area contributed by atoms with Crippen LogP contribution >= 0.6 is 0 Å². The van der Waals surface area contributed by atoms with E-state index in [9.17, 15) is 21.6 Å². The number of furan rings is 1. The number of anilines is 1. The van der Waals surface area contributed by atoms with Gasteiger partial charge in [0.05, 0.1) is 29.7 Å². The number of piperazine rings is 1. The summed E-state index contributed by atoms with van der Waals surface area (Å²) in [6, 6.07) is 1.28. The summed E-state index contributed by atoms with van der Waals surface area (Å²) in [5, 5.41) is -0.000399. The molecule has 3 aromatic rings. The first-order chi connectivity index (χ1) is 14.2. The minimum atomic E-state index is -5.92. The summed E-state index contributed by atoms with van der Waals surface area (Å²) in [6.07, 6.45) is 5.50. The molecule has 0 spiro atoms. The predicted molar refractivity (Wildman–Crippen MR) is 100 cm³/mol. The smallest absolute Gasteiger partial charge is 0.447 e. The number of aromatic nitrogens is 3. The van der Waals surface area contributed by atoms with Gasteiger partial charge in [-0.25, -0.2) is 9.97 Å². The van der Waals surface area contributed by atoms with E-state index in [4.69, 9.17) is 4.42 Å². The fraction of sp³-hybridized carbons (Fsp3) is 0.353. The van der Waals surface area contributed by atoms with Gasteiger partial charge in [-0.1, -0.05) is 0 Å². The van der Waals surface area contributed by atoms with Crippen LogP contribution in [-0.4, -0.2) is 67.0 Å². The van der Waals surface area contributed by atoms with Gasteiger partial charge in [-0.2, -0.15) is 21.6 Å². The van der Waals surface area contributed by atoms with E-state index < -0.39 is 21.4 Å². The van der Waals surface area contributed by atoms with Gasteiger partial charge in [-0.15, -0.1) is 0 Å². The molecule has 4 heterocycles. The van der Waals surface area contributed by atoms with Crippen molar-refractivity contribution in [1.29, 1.82) is 0 Å². The van der Waals surface area contributed by atoms with Crippen molar-refractivity contribution >= 4 is 26.8 Å². The lowest BCUT2D eigenvalue weighted by Gasteiger charge is -2.33. The van der Waals surface area contributed by atoms with Gasteiger partial charge in [0.2, 0.25) is 5.76 Å². The molecule has 0 saturated carbocycles. The van der Waals surface area contributed by atoms with Crippen LogP contribution in [0.5, 0.6) is 5.75 Å². The van der Waals surface area contributed by atoms with E-state index in [0.717, 1.165) is 31.9 Å². The highest BCUT2D eigenvalue weighted by molar-refractivity contribution is 7.88. The van der Waals surface area contributed by atoms with Crippen LogP contribution in [0.1, 0.15) is 0 Å². The first-order valence-electron chi connectivity index (χ1n) is 8.79. The standard InChI is InChI=1S/C17H16F3N5O4S/c1-24-4-6-25(7-5-24)11-8-22-16(23-9-11)15-14(29-30(26,27)17(18,19)20)12-2-3-21-10-13(12)28-15/h2-3,8-10H,4-7H2,1H3. The lowest BCUT2D eigenvalue weighted by atomic mass is 10.2. The summed E-state index contributed by atoms with van der Waals surface area (Å²) in [7, 11) is -3.90. The Hall–Kier alpha value is -2.93. The summed E-state index contributed by atoms with van der Waals surface area (Å²) in [5.41, 5.74) is -4.84. The Kier molecular flexibility index (Phi) is 5.02. The van der Waals surface area contributed by atoms with Gasteiger partial charge in [0.15, 0.2) is 17.2 Å². The highest BCUT2D eigenvalue weighted by Gasteiger charge is 2.49. The number of halogens is 3. The zero-order chi connectivity index (χ0) is 21.5. The maximum atomic E-state index is 12.8. The SMILES string of the molecule is CN1CCN(c2cnc(-c3oc4cnccc4c3OS(=O)(=O)C(F)(F)F)nc2)CC1. The summed E-state index contributed by atoms with van der Waals surface area (Å²) < 4.78 is 71.6. The molecule has 1 aliphatic heterocycles. The molecule has 13 heteroatoms. The molecule has 0 aliphatic carbocycles. The van der Waals surface area contributed by atoms with Gasteiger partial charge >= 0.3 is 15.6 Å². The van der Waals surface area contributed by atoms with Gasteiger partial charge in [-0.05, 0) is 13.1 Å². The first kappa shape index (κ1) is 20.3. The number of pyridine rings is 1.